The Balaban J connectivity index is 2.10. The summed E-state index contributed by atoms with van der Waals surface area (Å²) in [6.45, 7) is 0.808. The molecule has 2 saturated carbocycles. The molecule has 10 heavy (non-hydrogen) atoms. The zero-order valence-electron chi connectivity index (χ0n) is 6.29. The Bertz CT molecular complexity index is 133. The van der Waals surface area contributed by atoms with Gasteiger partial charge in [0.2, 0.25) is 0 Å². The molecule has 2 aliphatic carbocycles. The smallest absolute Gasteiger partial charge is 0.0110 e. The summed E-state index contributed by atoms with van der Waals surface area (Å²) in [6, 6.07) is 0.434. The van der Waals surface area contributed by atoms with Crippen molar-refractivity contribution in [3.05, 3.63) is 0 Å². The van der Waals surface area contributed by atoms with E-state index < -0.39 is 0 Å². The number of hydrogen-bond acceptors (Lipinski definition) is 2. The molecule has 2 aliphatic rings. The maximum Gasteiger partial charge on any atom is 0.0110 e. The van der Waals surface area contributed by atoms with Crippen LogP contribution in [0.3, 0.4) is 0 Å². The zero-order valence-corrected chi connectivity index (χ0v) is 6.29. The highest BCUT2D eigenvalue weighted by molar-refractivity contribution is 4.98. The van der Waals surface area contributed by atoms with Crippen LogP contribution in [-0.4, -0.2) is 12.6 Å². The van der Waals surface area contributed by atoms with Crippen molar-refractivity contribution in [1.29, 1.82) is 0 Å². The number of hydrogen-bond donors (Lipinski definition) is 2. The first-order valence-electron chi connectivity index (χ1n) is 4.28. The number of nitrogens with two attached hydrogens (primary N) is 2. The van der Waals surface area contributed by atoms with Crippen LogP contribution < -0.4 is 11.5 Å². The van der Waals surface area contributed by atoms with E-state index in [1.807, 2.05) is 0 Å². The van der Waals surface area contributed by atoms with Crippen LogP contribution in [-0.2, 0) is 0 Å². The lowest BCUT2D eigenvalue weighted by Crippen LogP contribution is -2.39. The van der Waals surface area contributed by atoms with Crippen molar-refractivity contribution in [3.63, 3.8) is 0 Å². The third-order valence-corrected chi connectivity index (χ3v) is 3.43. The van der Waals surface area contributed by atoms with Crippen molar-refractivity contribution in [2.75, 3.05) is 6.54 Å². The third-order valence-electron chi connectivity index (χ3n) is 3.43. The Kier molecular flexibility index (Phi) is 1.46. The highest BCUT2D eigenvalue weighted by atomic mass is 14.8. The summed E-state index contributed by atoms with van der Waals surface area (Å²) in [5, 5.41) is 0. The molecule has 2 bridgehead atoms. The van der Waals surface area contributed by atoms with Crippen LogP contribution in [0.2, 0.25) is 0 Å². The second-order valence-electron chi connectivity index (χ2n) is 3.81. The largest absolute Gasteiger partial charge is 0.330 e. The SMILES string of the molecule is NCC1C2CCC(C2)C1N. The lowest BCUT2D eigenvalue weighted by molar-refractivity contribution is 0.296. The van der Waals surface area contributed by atoms with Gasteiger partial charge in [-0.25, -0.2) is 0 Å². The molecule has 0 radical (unpaired) electrons. The molecule has 0 aromatic heterocycles. The van der Waals surface area contributed by atoms with Crippen molar-refractivity contribution in [2.24, 2.45) is 29.2 Å². The molecular formula is C8H16N2. The Morgan fingerprint density at radius 2 is 1.90 bits per heavy atom. The Morgan fingerprint density at radius 3 is 2.30 bits per heavy atom. The molecule has 0 heterocycles. The normalized spacial score (nSPS) is 52.2. The average molecular weight is 140 g/mol. The van der Waals surface area contributed by atoms with Crippen molar-refractivity contribution < 1.29 is 0 Å². The van der Waals surface area contributed by atoms with Crippen LogP contribution in [0.15, 0.2) is 0 Å². The van der Waals surface area contributed by atoms with Gasteiger partial charge in [0.05, 0.1) is 0 Å². The van der Waals surface area contributed by atoms with E-state index in [4.69, 9.17) is 11.5 Å². The second kappa shape index (κ2) is 2.21. The second-order valence-corrected chi connectivity index (χ2v) is 3.81. The highest BCUT2D eigenvalue weighted by Gasteiger charge is 2.44. The van der Waals surface area contributed by atoms with Crippen molar-refractivity contribution in [2.45, 2.75) is 25.3 Å². The van der Waals surface area contributed by atoms with Gasteiger partial charge >= 0.3 is 0 Å². The fraction of sp³-hybridized carbons (Fsp3) is 1.00. The fourth-order valence-electron chi connectivity index (χ4n) is 2.80. The van der Waals surface area contributed by atoms with Gasteiger partial charge in [0.25, 0.3) is 0 Å². The molecule has 2 rings (SSSR count). The summed E-state index contributed by atoms with van der Waals surface area (Å²) >= 11 is 0. The maximum atomic E-state index is 5.99. The summed E-state index contributed by atoms with van der Waals surface area (Å²) in [6.07, 6.45) is 4.12. The number of rotatable bonds is 1. The van der Waals surface area contributed by atoms with Crippen LogP contribution in [0.25, 0.3) is 0 Å². The predicted octanol–water partition coefficient (Wildman–Crippen LogP) is 0.319. The van der Waals surface area contributed by atoms with E-state index in [9.17, 15) is 0 Å². The van der Waals surface area contributed by atoms with Gasteiger partial charge in [-0.3, -0.25) is 0 Å². The summed E-state index contributed by atoms with van der Waals surface area (Å²) in [5.74, 6) is 2.35. The molecular weight excluding hydrogens is 124 g/mol. The lowest BCUT2D eigenvalue weighted by atomic mass is 9.85. The van der Waals surface area contributed by atoms with Crippen molar-refractivity contribution in [3.8, 4) is 0 Å². The molecule has 0 aromatic rings. The van der Waals surface area contributed by atoms with Crippen molar-refractivity contribution in [1.82, 2.24) is 0 Å². The van der Waals surface area contributed by atoms with E-state index in [1.54, 1.807) is 0 Å². The van der Waals surface area contributed by atoms with Gasteiger partial charge in [-0.2, -0.15) is 0 Å². The van der Waals surface area contributed by atoms with E-state index in [1.165, 1.54) is 19.3 Å². The predicted molar refractivity (Wildman–Crippen MR) is 41.4 cm³/mol. The van der Waals surface area contributed by atoms with Gasteiger partial charge in [0.1, 0.15) is 0 Å². The standard InChI is InChI=1S/C8H16N2/c9-4-7-5-1-2-6(3-5)8(7)10/h5-8H,1-4,9-10H2. The zero-order chi connectivity index (χ0) is 7.14. The molecule has 0 aromatic carbocycles. The summed E-state index contributed by atoms with van der Waals surface area (Å²) < 4.78 is 0. The first-order valence-corrected chi connectivity index (χ1v) is 4.28. The molecule has 0 saturated heterocycles. The van der Waals surface area contributed by atoms with Gasteiger partial charge in [0.15, 0.2) is 0 Å². The minimum atomic E-state index is 0.434. The van der Waals surface area contributed by atoms with Gasteiger partial charge in [-0.1, -0.05) is 0 Å². The van der Waals surface area contributed by atoms with E-state index in [2.05, 4.69) is 0 Å². The molecule has 4 atom stereocenters. The minimum absolute atomic E-state index is 0.434. The van der Waals surface area contributed by atoms with Crippen LogP contribution in [0.1, 0.15) is 19.3 Å². The first-order chi connectivity index (χ1) is 4.83. The molecule has 0 spiro atoms. The average Bonchev–Trinajstić information content (AvgIpc) is 2.46. The van der Waals surface area contributed by atoms with Gasteiger partial charge < -0.3 is 11.5 Å². The van der Waals surface area contributed by atoms with Crippen LogP contribution >= 0.6 is 0 Å². The molecule has 0 amide bonds. The molecule has 58 valence electrons. The molecule has 0 aliphatic heterocycles. The van der Waals surface area contributed by atoms with Crippen LogP contribution in [0.4, 0.5) is 0 Å². The molecule has 2 nitrogen and oxygen atoms in total. The minimum Gasteiger partial charge on any atom is -0.330 e. The Hall–Kier alpha value is -0.0800. The van der Waals surface area contributed by atoms with E-state index in [0.29, 0.717) is 12.0 Å². The first kappa shape index (κ1) is 6.62. The van der Waals surface area contributed by atoms with Gasteiger partial charge in [0, 0.05) is 6.04 Å². The quantitative estimate of drug-likeness (QED) is 0.551. The Labute approximate surface area is 62.0 Å². The van der Waals surface area contributed by atoms with E-state index in [-0.39, 0.29) is 0 Å². The highest BCUT2D eigenvalue weighted by Crippen LogP contribution is 2.46. The molecule has 4 N–H and O–H groups in total. The summed E-state index contributed by atoms with van der Waals surface area (Å²) in [5.41, 5.74) is 11.6. The van der Waals surface area contributed by atoms with Crippen molar-refractivity contribution >= 4 is 0 Å². The van der Waals surface area contributed by atoms with Crippen LogP contribution in [0, 0.1) is 17.8 Å². The van der Waals surface area contributed by atoms with Crippen LogP contribution in [0.5, 0.6) is 0 Å². The third kappa shape index (κ3) is 0.722. The maximum absolute atomic E-state index is 5.99. The monoisotopic (exact) mass is 140 g/mol. The topological polar surface area (TPSA) is 52.0 Å². The molecule has 4 unspecified atom stereocenters. The molecule has 2 heteroatoms. The lowest BCUT2D eigenvalue weighted by Gasteiger charge is -2.26. The fourth-order valence-corrected chi connectivity index (χ4v) is 2.80. The van der Waals surface area contributed by atoms with Gasteiger partial charge in [-0.05, 0) is 43.6 Å². The molecule has 2 fully saturated rings. The van der Waals surface area contributed by atoms with Gasteiger partial charge in [-0.15, -0.1) is 0 Å². The van der Waals surface area contributed by atoms with E-state index >= 15 is 0 Å². The Morgan fingerprint density at radius 1 is 1.20 bits per heavy atom. The number of fused-ring (bicyclic) bond motifs is 2. The summed E-state index contributed by atoms with van der Waals surface area (Å²) in [7, 11) is 0. The summed E-state index contributed by atoms with van der Waals surface area (Å²) in [4.78, 5) is 0. The van der Waals surface area contributed by atoms with E-state index in [0.717, 1.165) is 18.4 Å².